The number of hydrogen-bond acceptors (Lipinski definition) is 4. The maximum absolute atomic E-state index is 8.96. The highest BCUT2D eigenvalue weighted by Crippen LogP contribution is 2.15. The van der Waals surface area contributed by atoms with Gasteiger partial charge in [-0.2, -0.15) is 0 Å². The Labute approximate surface area is 122 Å². The molecule has 0 saturated heterocycles. The van der Waals surface area contributed by atoms with Crippen LogP contribution in [0.25, 0.3) is 0 Å². The second-order valence-corrected chi connectivity index (χ2v) is 4.53. The van der Waals surface area contributed by atoms with Crippen molar-refractivity contribution in [1.82, 2.24) is 0 Å². The Kier molecular flexibility index (Phi) is 5.29. The Morgan fingerprint density at radius 1 is 0.800 bits per heavy atom. The molecule has 0 radical (unpaired) electrons. The lowest BCUT2D eigenvalue weighted by Crippen LogP contribution is -2.29. The van der Waals surface area contributed by atoms with Crippen molar-refractivity contribution in [2.24, 2.45) is 0 Å². The molecule has 0 aromatic heterocycles. The van der Waals surface area contributed by atoms with Gasteiger partial charge in [0.05, 0.1) is 0 Å². The van der Waals surface area contributed by atoms with Gasteiger partial charge in [0.1, 0.15) is 24.7 Å². The first-order chi connectivity index (χ1) is 9.65. The fraction of sp³-hybridized carbons (Fsp3) is 0.143. The van der Waals surface area contributed by atoms with Crippen molar-refractivity contribution in [2.45, 2.75) is 0 Å². The molecule has 0 saturated carbocycles. The van der Waals surface area contributed by atoms with E-state index in [-0.39, 0.29) is 0 Å². The number of benzene rings is 2. The third-order valence-electron chi connectivity index (χ3n) is 2.61. The van der Waals surface area contributed by atoms with Gasteiger partial charge in [-0.05, 0) is 41.9 Å². The summed E-state index contributed by atoms with van der Waals surface area (Å²) in [5.41, 5.74) is 0.426. The van der Waals surface area contributed by atoms with Crippen molar-refractivity contribution in [3.8, 4) is 11.5 Å². The molecule has 0 spiro atoms. The molecule has 0 amide bonds. The van der Waals surface area contributed by atoms with Crippen LogP contribution in [-0.2, 0) is 0 Å². The van der Waals surface area contributed by atoms with Crippen molar-refractivity contribution < 1.29 is 19.5 Å². The molecule has 0 atom stereocenters. The van der Waals surface area contributed by atoms with Gasteiger partial charge < -0.3 is 19.5 Å². The normalized spacial score (nSPS) is 10.2. The lowest BCUT2D eigenvalue weighted by Gasteiger charge is -2.09. The Morgan fingerprint density at radius 3 is 1.70 bits per heavy atom. The van der Waals surface area contributed by atoms with Gasteiger partial charge in [0.25, 0.3) is 0 Å². The first kappa shape index (κ1) is 14.7. The first-order valence-electron chi connectivity index (χ1n) is 6.12. The standard InChI is InChI=1S/C14H14BClO4/c16-12-3-7-14(8-4-12)20-10-9-19-13-5-1-11(2-6-13)15(17)18/h1-8,17-18H,9-10H2. The molecule has 0 aliphatic rings. The van der Waals surface area contributed by atoms with Crippen LogP contribution in [0.1, 0.15) is 0 Å². The van der Waals surface area contributed by atoms with Gasteiger partial charge in [-0.15, -0.1) is 0 Å². The molecule has 2 aromatic rings. The zero-order valence-corrected chi connectivity index (χ0v) is 11.5. The number of halogens is 1. The third kappa shape index (κ3) is 4.45. The fourth-order valence-corrected chi connectivity index (χ4v) is 1.71. The highest BCUT2D eigenvalue weighted by atomic mass is 35.5. The van der Waals surface area contributed by atoms with E-state index in [1.165, 1.54) is 0 Å². The monoisotopic (exact) mass is 292 g/mol. The molecule has 0 aliphatic carbocycles. The minimum atomic E-state index is -1.46. The minimum absolute atomic E-state index is 0.393. The summed E-state index contributed by atoms with van der Waals surface area (Å²) in [5, 5.41) is 18.6. The molecule has 2 rings (SSSR count). The predicted octanol–water partition coefficient (Wildman–Crippen LogP) is 1.48. The largest absolute Gasteiger partial charge is 0.490 e. The van der Waals surface area contributed by atoms with Gasteiger partial charge in [0.15, 0.2) is 0 Å². The van der Waals surface area contributed by atoms with Gasteiger partial charge in [-0.1, -0.05) is 23.7 Å². The fourth-order valence-electron chi connectivity index (χ4n) is 1.59. The second-order valence-electron chi connectivity index (χ2n) is 4.09. The van der Waals surface area contributed by atoms with E-state index in [0.717, 1.165) is 5.75 Å². The molecule has 2 aromatic carbocycles. The summed E-state index contributed by atoms with van der Waals surface area (Å²) < 4.78 is 11.0. The highest BCUT2D eigenvalue weighted by molar-refractivity contribution is 6.58. The molecule has 104 valence electrons. The van der Waals surface area contributed by atoms with Crippen molar-refractivity contribution in [2.75, 3.05) is 13.2 Å². The average molecular weight is 293 g/mol. The van der Waals surface area contributed by atoms with Gasteiger partial charge in [0.2, 0.25) is 0 Å². The summed E-state index contributed by atoms with van der Waals surface area (Å²) in [7, 11) is -1.46. The molecule has 2 N–H and O–H groups in total. The number of ether oxygens (including phenoxy) is 2. The van der Waals surface area contributed by atoms with E-state index in [1.807, 2.05) is 0 Å². The van der Waals surface area contributed by atoms with Crippen molar-refractivity contribution in [3.63, 3.8) is 0 Å². The SMILES string of the molecule is OB(O)c1ccc(OCCOc2ccc(Cl)cc2)cc1. The summed E-state index contributed by atoms with van der Waals surface area (Å²) in [4.78, 5) is 0. The maximum atomic E-state index is 8.96. The second kappa shape index (κ2) is 7.19. The van der Waals surface area contributed by atoms with Crippen molar-refractivity contribution in [1.29, 1.82) is 0 Å². The van der Waals surface area contributed by atoms with Crippen LogP contribution in [0.5, 0.6) is 11.5 Å². The summed E-state index contributed by atoms with van der Waals surface area (Å²) >= 11 is 5.77. The van der Waals surface area contributed by atoms with E-state index in [2.05, 4.69) is 0 Å². The van der Waals surface area contributed by atoms with E-state index < -0.39 is 7.12 Å². The van der Waals surface area contributed by atoms with Crippen LogP contribution in [0.2, 0.25) is 5.02 Å². The summed E-state index contributed by atoms with van der Waals surface area (Å²) in [6.07, 6.45) is 0. The van der Waals surface area contributed by atoms with E-state index in [0.29, 0.717) is 29.4 Å². The molecule has 6 heteroatoms. The smallest absolute Gasteiger partial charge is 0.488 e. The molecule has 4 nitrogen and oxygen atoms in total. The predicted molar refractivity (Wildman–Crippen MR) is 78.7 cm³/mol. The van der Waals surface area contributed by atoms with Crippen molar-refractivity contribution >= 4 is 24.2 Å². The van der Waals surface area contributed by atoms with E-state index in [9.17, 15) is 0 Å². The van der Waals surface area contributed by atoms with Crippen LogP contribution in [0.3, 0.4) is 0 Å². The maximum Gasteiger partial charge on any atom is 0.488 e. The molecule has 0 fully saturated rings. The van der Waals surface area contributed by atoms with E-state index in [1.54, 1.807) is 48.5 Å². The lowest BCUT2D eigenvalue weighted by molar-refractivity contribution is 0.217. The van der Waals surface area contributed by atoms with Crippen LogP contribution < -0.4 is 14.9 Å². The Bertz CT molecular complexity index is 528. The minimum Gasteiger partial charge on any atom is -0.490 e. The van der Waals surface area contributed by atoms with Gasteiger partial charge in [0, 0.05) is 5.02 Å². The summed E-state index contributed by atoms with van der Waals surface area (Å²) in [5.74, 6) is 1.38. The third-order valence-corrected chi connectivity index (χ3v) is 2.86. The highest BCUT2D eigenvalue weighted by Gasteiger charge is 2.09. The topological polar surface area (TPSA) is 58.9 Å². The van der Waals surface area contributed by atoms with Crippen LogP contribution in [0.4, 0.5) is 0 Å². The van der Waals surface area contributed by atoms with E-state index >= 15 is 0 Å². The molecule has 0 heterocycles. The number of rotatable bonds is 6. The Balaban J connectivity index is 1.74. The van der Waals surface area contributed by atoms with Crippen molar-refractivity contribution in [3.05, 3.63) is 53.6 Å². The number of hydrogen-bond donors (Lipinski definition) is 2. The van der Waals surface area contributed by atoms with Gasteiger partial charge in [-0.3, -0.25) is 0 Å². The van der Waals surface area contributed by atoms with Gasteiger partial charge in [-0.25, -0.2) is 0 Å². The summed E-state index contributed by atoms with van der Waals surface area (Å²) in [6, 6.07) is 13.7. The Morgan fingerprint density at radius 2 is 1.25 bits per heavy atom. The molecule has 0 bridgehead atoms. The van der Waals surface area contributed by atoms with Gasteiger partial charge >= 0.3 is 7.12 Å². The molecular weight excluding hydrogens is 278 g/mol. The van der Waals surface area contributed by atoms with E-state index in [4.69, 9.17) is 31.1 Å². The van der Waals surface area contributed by atoms with Crippen LogP contribution in [0.15, 0.2) is 48.5 Å². The molecule has 0 aliphatic heterocycles. The summed E-state index contributed by atoms with van der Waals surface area (Å²) in [6.45, 7) is 0.801. The zero-order chi connectivity index (χ0) is 14.4. The molecular formula is C14H14BClO4. The first-order valence-corrected chi connectivity index (χ1v) is 6.50. The zero-order valence-electron chi connectivity index (χ0n) is 10.7. The van der Waals surface area contributed by atoms with Crippen LogP contribution in [0, 0.1) is 0 Å². The van der Waals surface area contributed by atoms with Crippen LogP contribution in [-0.4, -0.2) is 30.4 Å². The lowest BCUT2D eigenvalue weighted by atomic mass is 9.80. The Hall–Kier alpha value is -1.69. The van der Waals surface area contributed by atoms with Crippen LogP contribution >= 0.6 is 11.6 Å². The molecule has 0 unspecified atom stereocenters. The quantitative estimate of drug-likeness (QED) is 0.625. The average Bonchev–Trinajstić information content (AvgIpc) is 2.46. The molecule has 20 heavy (non-hydrogen) atoms.